The molecule has 1 aromatic heterocycles. The maximum Gasteiger partial charge on any atom is 0.310 e. The average Bonchev–Trinajstić information content (AvgIpc) is 2.73. The first-order valence-electron chi connectivity index (χ1n) is 7.94. The Kier molecular flexibility index (Phi) is 5.74. The van der Waals surface area contributed by atoms with E-state index in [1.54, 1.807) is 6.20 Å². The number of likely N-dealkylation sites (N-methyl/N-ethyl adjacent to an activating group) is 1. The van der Waals surface area contributed by atoms with Crippen molar-refractivity contribution in [2.24, 2.45) is 5.41 Å². The first-order chi connectivity index (χ1) is 10.1. The summed E-state index contributed by atoms with van der Waals surface area (Å²) in [6, 6.07) is 5.93. The molecule has 0 spiro atoms. The van der Waals surface area contributed by atoms with Crippen molar-refractivity contribution in [1.29, 1.82) is 0 Å². The van der Waals surface area contributed by atoms with Crippen LogP contribution in [0.2, 0.25) is 0 Å². The second kappa shape index (κ2) is 7.55. The predicted molar refractivity (Wildman–Crippen MR) is 83.2 cm³/mol. The van der Waals surface area contributed by atoms with Crippen LogP contribution in [0.4, 0.5) is 0 Å². The van der Waals surface area contributed by atoms with Crippen molar-refractivity contribution in [2.75, 3.05) is 20.1 Å². The van der Waals surface area contributed by atoms with Crippen LogP contribution >= 0.6 is 0 Å². The quantitative estimate of drug-likeness (QED) is 0.818. The van der Waals surface area contributed by atoms with Crippen LogP contribution in [-0.2, 0) is 11.2 Å². The molecule has 2 rings (SSSR count). The Morgan fingerprint density at radius 2 is 2.00 bits per heavy atom. The molecule has 116 valence electrons. The summed E-state index contributed by atoms with van der Waals surface area (Å²) in [5.74, 6) is -0.617. The number of nitrogens with zero attached hydrogens (tertiary/aromatic N) is 2. The highest BCUT2D eigenvalue weighted by Gasteiger charge is 2.39. The molecule has 0 radical (unpaired) electrons. The van der Waals surface area contributed by atoms with Gasteiger partial charge in [0.15, 0.2) is 0 Å². The first-order valence-corrected chi connectivity index (χ1v) is 7.94. The highest BCUT2D eigenvalue weighted by molar-refractivity contribution is 5.75. The van der Waals surface area contributed by atoms with Crippen molar-refractivity contribution in [3.05, 3.63) is 30.1 Å². The van der Waals surface area contributed by atoms with E-state index >= 15 is 0 Å². The Labute approximate surface area is 127 Å². The fraction of sp³-hybridized carbons (Fsp3) is 0.647. The van der Waals surface area contributed by atoms with Gasteiger partial charge in [-0.1, -0.05) is 31.7 Å². The molecule has 1 aliphatic carbocycles. The minimum absolute atomic E-state index is 0.546. The van der Waals surface area contributed by atoms with Crippen LogP contribution < -0.4 is 0 Å². The molecule has 1 heterocycles. The molecule has 4 heteroatoms. The highest BCUT2D eigenvalue weighted by atomic mass is 16.4. The molecule has 21 heavy (non-hydrogen) atoms. The molecular formula is C17H26N2O2. The van der Waals surface area contributed by atoms with E-state index in [4.69, 9.17) is 0 Å². The molecule has 0 amide bonds. The van der Waals surface area contributed by atoms with Gasteiger partial charge in [0.05, 0.1) is 5.41 Å². The number of carboxylic acids is 1. The van der Waals surface area contributed by atoms with Crippen LogP contribution in [0.1, 0.15) is 44.2 Å². The van der Waals surface area contributed by atoms with Gasteiger partial charge in [-0.25, -0.2) is 0 Å². The fourth-order valence-corrected chi connectivity index (χ4v) is 3.29. The maximum atomic E-state index is 11.8. The van der Waals surface area contributed by atoms with E-state index in [1.807, 2.05) is 25.2 Å². The molecule has 0 aromatic carbocycles. The van der Waals surface area contributed by atoms with Crippen LogP contribution in [0.5, 0.6) is 0 Å². The number of rotatable bonds is 6. The average molecular weight is 290 g/mol. The first kappa shape index (κ1) is 16.0. The van der Waals surface area contributed by atoms with Gasteiger partial charge < -0.3 is 10.0 Å². The summed E-state index contributed by atoms with van der Waals surface area (Å²) >= 11 is 0. The lowest BCUT2D eigenvalue weighted by Crippen LogP contribution is -2.42. The second-order valence-electron chi connectivity index (χ2n) is 6.31. The van der Waals surface area contributed by atoms with E-state index in [2.05, 4.69) is 9.88 Å². The molecule has 0 aliphatic heterocycles. The molecule has 1 aliphatic rings. The van der Waals surface area contributed by atoms with E-state index in [0.29, 0.717) is 6.54 Å². The maximum absolute atomic E-state index is 11.8. The Balaban J connectivity index is 1.91. The van der Waals surface area contributed by atoms with Crippen LogP contribution in [0, 0.1) is 5.41 Å². The summed E-state index contributed by atoms with van der Waals surface area (Å²) in [4.78, 5) is 18.3. The molecule has 0 bridgehead atoms. The number of carboxylic acid groups (broad SMARTS) is 1. The zero-order chi connectivity index (χ0) is 15.1. The van der Waals surface area contributed by atoms with E-state index in [1.165, 1.54) is 12.8 Å². The normalized spacial score (nSPS) is 18.4. The van der Waals surface area contributed by atoms with Gasteiger partial charge in [0.2, 0.25) is 0 Å². The lowest BCUT2D eigenvalue weighted by atomic mass is 9.80. The van der Waals surface area contributed by atoms with Crippen molar-refractivity contribution in [2.45, 2.75) is 44.9 Å². The molecular weight excluding hydrogens is 264 g/mol. The number of aliphatic carboxylic acids is 1. The molecule has 0 unspecified atom stereocenters. The predicted octanol–water partition coefficient (Wildman–Crippen LogP) is 2.98. The SMILES string of the molecule is CN(CCc1ccccn1)CC1(C(=O)O)CCCCCC1. The van der Waals surface area contributed by atoms with Gasteiger partial charge in [0.25, 0.3) is 0 Å². The van der Waals surface area contributed by atoms with E-state index in [0.717, 1.165) is 44.3 Å². The minimum atomic E-state index is -0.617. The van der Waals surface area contributed by atoms with Crippen molar-refractivity contribution in [3.8, 4) is 0 Å². The second-order valence-corrected chi connectivity index (χ2v) is 6.31. The number of aromatic nitrogens is 1. The molecule has 1 saturated carbocycles. The summed E-state index contributed by atoms with van der Waals surface area (Å²) in [5.41, 5.74) is 0.518. The zero-order valence-corrected chi connectivity index (χ0v) is 12.9. The third kappa shape index (κ3) is 4.53. The Bertz CT molecular complexity index is 439. The molecule has 1 fully saturated rings. The third-order valence-electron chi connectivity index (χ3n) is 4.56. The standard InChI is InChI=1S/C17H26N2O2/c1-19(13-9-15-8-4-7-12-18-15)14-17(16(20)21)10-5-2-3-6-11-17/h4,7-8,12H,2-3,5-6,9-11,13-14H2,1H3,(H,20,21). The lowest BCUT2D eigenvalue weighted by molar-refractivity contribution is -0.151. The lowest BCUT2D eigenvalue weighted by Gasteiger charge is -2.32. The van der Waals surface area contributed by atoms with Crippen molar-refractivity contribution >= 4 is 5.97 Å². The molecule has 4 nitrogen and oxygen atoms in total. The Hall–Kier alpha value is -1.42. The number of pyridine rings is 1. The van der Waals surface area contributed by atoms with E-state index in [-0.39, 0.29) is 0 Å². The van der Waals surface area contributed by atoms with Gasteiger partial charge in [0, 0.05) is 31.4 Å². The van der Waals surface area contributed by atoms with Gasteiger partial charge in [-0.15, -0.1) is 0 Å². The van der Waals surface area contributed by atoms with Gasteiger partial charge in [0.1, 0.15) is 0 Å². The number of hydrogen-bond acceptors (Lipinski definition) is 3. The summed E-state index contributed by atoms with van der Waals surface area (Å²) < 4.78 is 0. The van der Waals surface area contributed by atoms with Crippen LogP contribution in [-0.4, -0.2) is 41.1 Å². The van der Waals surface area contributed by atoms with E-state index < -0.39 is 11.4 Å². The molecule has 0 saturated heterocycles. The zero-order valence-electron chi connectivity index (χ0n) is 12.9. The highest BCUT2D eigenvalue weighted by Crippen LogP contribution is 2.36. The summed E-state index contributed by atoms with van der Waals surface area (Å²) in [7, 11) is 2.03. The van der Waals surface area contributed by atoms with Crippen LogP contribution in [0.15, 0.2) is 24.4 Å². The van der Waals surface area contributed by atoms with E-state index in [9.17, 15) is 9.90 Å². The third-order valence-corrected chi connectivity index (χ3v) is 4.56. The van der Waals surface area contributed by atoms with Gasteiger partial charge in [-0.05, 0) is 32.0 Å². The molecule has 1 aromatic rings. The number of carbonyl (C=O) groups is 1. The van der Waals surface area contributed by atoms with Crippen LogP contribution in [0.3, 0.4) is 0 Å². The largest absolute Gasteiger partial charge is 0.481 e. The Morgan fingerprint density at radius 3 is 2.57 bits per heavy atom. The number of hydrogen-bond donors (Lipinski definition) is 1. The topological polar surface area (TPSA) is 53.4 Å². The molecule has 0 atom stereocenters. The van der Waals surface area contributed by atoms with Gasteiger partial charge in [-0.2, -0.15) is 0 Å². The summed E-state index contributed by atoms with van der Waals surface area (Å²) in [5, 5.41) is 9.71. The van der Waals surface area contributed by atoms with Crippen molar-refractivity contribution in [1.82, 2.24) is 9.88 Å². The van der Waals surface area contributed by atoms with Crippen molar-refractivity contribution in [3.63, 3.8) is 0 Å². The van der Waals surface area contributed by atoms with Gasteiger partial charge in [-0.3, -0.25) is 9.78 Å². The van der Waals surface area contributed by atoms with Crippen molar-refractivity contribution < 1.29 is 9.90 Å². The summed E-state index contributed by atoms with van der Waals surface area (Å²) in [6.45, 7) is 1.50. The smallest absolute Gasteiger partial charge is 0.310 e. The fourth-order valence-electron chi connectivity index (χ4n) is 3.29. The van der Waals surface area contributed by atoms with Gasteiger partial charge >= 0.3 is 5.97 Å². The molecule has 1 N–H and O–H groups in total. The monoisotopic (exact) mass is 290 g/mol. The minimum Gasteiger partial charge on any atom is -0.481 e. The summed E-state index contributed by atoms with van der Waals surface area (Å²) in [6.07, 6.45) is 8.74. The van der Waals surface area contributed by atoms with Crippen LogP contribution in [0.25, 0.3) is 0 Å². The Morgan fingerprint density at radius 1 is 1.29 bits per heavy atom.